The number of hydrogen-bond donors (Lipinski definition) is 5. The maximum atomic E-state index is 13.7. The average molecular weight is 657 g/mol. The zero-order valence-corrected chi connectivity index (χ0v) is 26.9. The van der Waals surface area contributed by atoms with Gasteiger partial charge >= 0.3 is 0 Å². The van der Waals surface area contributed by atoms with E-state index in [0.29, 0.717) is 30.8 Å². The van der Waals surface area contributed by atoms with Gasteiger partial charge in [-0.2, -0.15) is 0 Å². The summed E-state index contributed by atoms with van der Waals surface area (Å²) in [6, 6.07) is 16.1. The molecule has 2 aliphatic heterocycles. The molecule has 5 amide bonds. The highest BCUT2D eigenvalue weighted by Crippen LogP contribution is 2.35. The molecule has 13 heteroatoms. The van der Waals surface area contributed by atoms with Crippen LogP contribution in [0.5, 0.6) is 11.6 Å². The van der Waals surface area contributed by atoms with Gasteiger partial charge in [-0.1, -0.05) is 42.5 Å². The minimum absolute atomic E-state index is 0.0909. The van der Waals surface area contributed by atoms with E-state index >= 15 is 0 Å². The molecule has 252 valence electrons. The van der Waals surface area contributed by atoms with Gasteiger partial charge in [-0.25, -0.2) is 4.98 Å². The monoisotopic (exact) mass is 656 g/mol. The Kier molecular flexibility index (Phi) is 10.9. The van der Waals surface area contributed by atoms with Crippen molar-refractivity contribution < 1.29 is 33.4 Å². The molecular weight excluding hydrogens is 616 g/mol. The molecule has 1 fully saturated rings. The Balaban J connectivity index is 1.40. The third kappa shape index (κ3) is 8.66. The second-order valence-corrected chi connectivity index (χ2v) is 11.8. The zero-order chi connectivity index (χ0) is 34.1. The number of rotatable bonds is 6. The summed E-state index contributed by atoms with van der Waals surface area (Å²) >= 11 is 0. The van der Waals surface area contributed by atoms with Gasteiger partial charge in [0.15, 0.2) is 0 Å². The lowest BCUT2D eigenvalue weighted by Gasteiger charge is -2.25. The van der Waals surface area contributed by atoms with Gasteiger partial charge in [0, 0.05) is 19.0 Å². The lowest BCUT2D eigenvalue weighted by atomic mass is 10.0. The molecule has 2 bridgehead atoms. The van der Waals surface area contributed by atoms with Crippen LogP contribution in [0.25, 0.3) is 0 Å². The van der Waals surface area contributed by atoms with E-state index in [0.717, 1.165) is 5.56 Å². The Morgan fingerprint density at radius 2 is 1.71 bits per heavy atom. The maximum Gasteiger partial charge on any atom is 0.257 e. The van der Waals surface area contributed by atoms with E-state index in [1.165, 1.54) is 13.1 Å². The first kappa shape index (κ1) is 33.9. The topological polar surface area (TPSA) is 177 Å². The lowest BCUT2D eigenvalue weighted by Crippen LogP contribution is -2.59. The predicted octanol–water partition coefficient (Wildman–Crippen LogP) is 1.21. The molecule has 5 N–H and O–H groups in total. The first-order valence-corrected chi connectivity index (χ1v) is 16.0. The van der Waals surface area contributed by atoms with E-state index in [2.05, 4.69) is 31.6 Å². The van der Waals surface area contributed by atoms with Crippen LogP contribution in [0.4, 0.5) is 0 Å². The molecular formula is C35H40N6O7. The molecule has 13 nitrogen and oxygen atoms in total. The number of carbonyl (C=O) groups is 5. The quantitative estimate of drug-likeness (QED) is 0.246. The van der Waals surface area contributed by atoms with Crippen LogP contribution in [-0.4, -0.2) is 77.9 Å². The summed E-state index contributed by atoms with van der Waals surface area (Å²) < 4.78 is 11.3. The molecule has 1 aliphatic carbocycles. The predicted molar refractivity (Wildman–Crippen MR) is 175 cm³/mol. The SMILES string of the molecule is CCOc1ncccc1C(=O)N[C@H]1Cc2ccc(cc2)OCCNC(=O)C2(CC2)NC(=O)[C@@H](Cc2ccccc2)NC(=O)[C@H](C)NC1=O. The van der Waals surface area contributed by atoms with Gasteiger partial charge in [-0.3, -0.25) is 24.0 Å². The second-order valence-electron chi connectivity index (χ2n) is 11.8. The van der Waals surface area contributed by atoms with Crippen LogP contribution in [0.15, 0.2) is 72.9 Å². The lowest BCUT2D eigenvalue weighted by molar-refractivity contribution is -0.134. The van der Waals surface area contributed by atoms with E-state index in [4.69, 9.17) is 9.47 Å². The van der Waals surface area contributed by atoms with E-state index in [-0.39, 0.29) is 43.3 Å². The van der Waals surface area contributed by atoms with Crippen LogP contribution in [0, 0.1) is 0 Å². The van der Waals surface area contributed by atoms with Crippen LogP contribution in [0.1, 0.15) is 48.2 Å². The molecule has 0 radical (unpaired) electrons. The Labute approximate surface area is 278 Å². The molecule has 3 aromatic rings. The third-order valence-electron chi connectivity index (χ3n) is 8.15. The number of aromatic nitrogens is 1. The fraction of sp³-hybridized carbons (Fsp3) is 0.371. The largest absolute Gasteiger partial charge is 0.492 e. The van der Waals surface area contributed by atoms with Gasteiger partial charge in [0.05, 0.1) is 13.2 Å². The summed E-state index contributed by atoms with van der Waals surface area (Å²) in [4.78, 5) is 71.3. The summed E-state index contributed by atoms with van der Waals surface area (Å²) in [5, 5.41) is 13.9. The highest BCUT2D eigenvalue weighted by atomic mass is 16.5. The Morgan fingerprint density at radius 1 is 0.958 bits per heavy atom. The van der Waals surface area contributed by atoms with E-state index < -0.39 is 47.3 Å². The highest BCUT2D eigenvalue weighted by molar-refractivity contribution is 6.00. The molecule has 2 aromatic carbocycles. The van der Waals surface area contributed by atoms with Crippen LogP contribution in [-0.2, 0) is 32.0 Å². The standard InChI is InChI=1S/C35H40N6O7/c1-3-47-33-26(10-7-17-36-33)30(43)40-27-21-24-11-13-25(14-12-24)48-19-18-37-34(46)35(15-16-35)41-32(45)28(20-23-8-5-4-6-9-23)39-29(42)22(2)38-31(27)44/h4-14,17,22,27-28H,3,15-16,18-21H2,1-2H3,(H,37,46)(H,38,44)(H,39,42)(H,40,43)(H,41,45)/t22-,27-,28+/m0/s1. The Bertz CT molecular complexity index is 1630. The zero-order valence-electron chi connectivity index (χ0n) is 26.9. The fourth-order valence-electron chi connectivity index (χ4n) is 5.31. The first-order chi connectivity index (χ1) is 23.2. The Hall–Kier alpha value is -5.46. The highest BCUT2D eigenvalue weighted by Gasteiger charge is 2.51. The van der Waals surface area contributed by atoms with Crippen molar-refractivity contribution in [1.29, 1.82) is 0 Å². The van der Waals surface area contributed by atoms with Crippen molar-refractivity contribution in [3.05, 3.63) is 89.6 Å². The average Bonchev–Trinajstić information content (AvgIpc) is 3.87. The van der Waals surface area contributed by atoms with Gasteiger partial charge in [0.25, 0.3) is 5.91 Å². The van der Waals surface area contributed by atoms with Gasteiger partial charge in [-0.05, 0) is 62.1 Å². The molecule has 1 aromatic heterocycles. The van der Waals surface area contributed by atoms with Gasteiger partial charge in [-0.15, -0.1) is 0 Å². The molecule has 3 aliphatic rings. The van der Waals surface area contributed by atoms with E-state index in [9.17, 15) is 24.0 Å². The summed E-state index contributed by atoms with van der Waals surface area (Å²) in [6.07, 6.45) is 2.68. The molecule has 0 unspecified atom stereocenters. The van der Waals surface area contributed by atoms with Gasteiger partial charge in [0.1, 0.15) is 41.6 Å². The normalized spacial score (nSPS) is 21.5. The number of hydrogen-bond acceptors (Lipinski definition) is 8. The smallest absolute Gasteiger partial charge is 0.257 e. The van der Waals surface area contributed by atoms with Crippen LogP contribution in [0.2, 0.25) is 0 Å². The van der Waals surface area contributed by atoms with Crippen LogP contribution in [0.3, 0.4) is 0 Å². The van der Waals surface area contributed by atoms with Gasteiger partial charge in [0.2, 0.25) is 29.5 Å². The molecule has 48 heavy (non-hydrogen) atoms. The number of fused-ring (bicyclic) bond motifs is 15. The number of benzene rings is 2. The third-order valence-corrected chi connectivity index (χ3v) is 8.15. The number of pyridine rings is 1. The molecule has 1 saturated carbocycles. The number of nitrogens with zero attached hydrogens (tertiary/aromatic N) is 1. The number of ether oxygens (including phenoxy) is 2. The number of carbonyl (C=O) groups excluding carboxylic acids is 5. The maximum absolute atomic E-state index is 13.7. The van der Waals surface area contributed by atoms with Crippen LogP contribution >= 0.6 is 0 Å². The van der Waals surface area contributed by atoms with Crippen molar-refractivity contribution in [3.8, 4) is 11.6 Å². The van der Waals surface area contributed by atoms with Crippen molar-refractivity contribution in [2.24, 2.45) is 0 Å². The van der Waals surface area contributed by atoms with Crippen molar-refractivity contribution in [1.82, 2.24) is 31.6 Å². The summed E-state index contributed by atoms with van der Waals surface area (Å²) in [7, 11) is 0. The number of nitrogens with one attached hydrogen (secondary N) is 5. The summed E-state index contributed by atoms with van der Waals surface area (Å²) in [6.45, 7) is 3.96. The minimum Gasteiger partial charge on any atom is -0.492 e. The van der Waals surface area contributed by atoms with Crippen molar-refractivity contribution in [2.75, 3.05) is 19.8 Å². The van der Waals surface area contributed by atoms with Crippen molar-refractivity contribution in [3.63, 3.8) is 0 Å². The summed E-state index contributed by atoms with van der Waals surface area (Å²) in [5.74, 6) is -1.95. The molecule has 6 rings (SSSR count). The first-order valence-electron chi connectivity index (χ1n) is 16.0. The van der Waals surface area contributed by atoms with Crippen molar-refractivity contribution in [2.45, 2.75) is 63.2 Å². The molecule has 3 atom stereocenters. The fourth-order valence-corrected chi connectivity index (χ4v) is 5.31. The summed E-state index contributed by atoms with van der Waals surface area (Å²) in [5.41, 5.74) is 0.601. The molecule has 1 spiro atoms. The second kappa shape index (κ2) is 15.4. The van der Waals surface area contributed by atoms with E-state index in [1.54, 1.807) is 43.3 Å². The number of amides is 5. The molecule has 3 heterocycles. The molecule has 0 saturated heterocycles. The van der Waals surface area contributed by atoms with Crippen LogP contribution < -0.4 is 36.1 Å². The minimum atomic E-state index is -1.09. The van der Waals surface area contributed by atoms with Gasteiger partial charge < -0.3 is 36.1 Å². The van der Waals surface area contributed by atoms with Crippen molar-refractivity contribution >= 4 is 29.5 Å². The Morgan fingerprint density at radius 3 is 2.42 bits per heavy atom. The van der Waals surface area contributed by atoms with E-state index in [1.807, 2.05) is 30.3 Å².